The smallest absolute Gasteiger partial charge is 0.307 e. The fourth-order valence-electron chi connectivity index (χ4n) is 1.48. The first-order chi connectivity index (χ1) is 9.03. The molecular weight excluding hydrogens is 266 g/mol. The van der Waals surface area contributed by atoms with Crippen molar-refractivity contribution in [3.63, 3.8) is 0 Å². The normalized spacial score (nSPS) is 11.2. The van der Waals surface area contributed by atoms with Crippen molar-refractivity contribution in [2.45, 2.75) is 11.8 Å². The lowest BCUT2D eigenvalue weighted by Gasteiger charge is -2.06. The monoisotopic (exact) mass is 279 g/mol. The van der Waals surface area contributed by atoms with E-state index >= 15 is 0 Å². The van der Waals surface area contributed by atoms with E-state index in [-0.39, 0.29) is 16.7 Å². The molecule has 6 nitrogen and oxygen atoms in total. The minimum atomic E-state index is -3.21. The minimum absolute atomic E-state index is 0.0493. The number of sulfone groups is 1. The van der Waals surface area contributed by atoms with Gasteiger partial charge in [0.2, 0.25) is 0 Å². The Labute approximate surface area is 111 Å². The van der Waals surface area contributed by atoms with Gasteiger partial charge < -0.3 is 5.32 Å². The number of carbonyl (C=O) groups excluding carboxylic acids is 1. The molecule has 0 bridgehead atoms. The number of aromatic nitrogens is 2. The average Bonchev–Trinajstić information content (AvgIpc) is 2.93. The Morgan fingerprint density at radius 2 is 2.00 bits per heavy atom. The van der Waals surface area contributed by atoms with Crippen molar-refractivity contribution in [3.05, 3.63) is 43.0 Å². The highest BCUT2D eigenvalue weighted by molar-refractivity contribution is 7.91. The van der Waals surface area contributed by atoms with Crippen LogP contribution in [0.5, 0.6) is 0 Å². The summed E-state index contributed by atoms with van der Waals surface area (Å²) in [7, 11) is -3.21. The van der Waals surface area contributed by atoms with Gasteiger partial charge in [0.15, 0.2) is 9.84 Å². The van der Waals surface area contributed by atoms with Gasteiger partial charge in [0.25, 0.3) is 0 Å². The molecule has 0 atom stereocenters. The van der Waals surface area contributed by atoms with Crippen molar-refractivity contribution in [1.29, 1.82) is 0 Å². The van der Waals surface area contributed by atoms with Crippen molar-refractivity contribution < 1.29 is 13.2 Å². The van der Waals surface area contributed by atoms with Gasteiger partial charge in [0.05, 0.1) is 10.6 Å². The first kappa shape index (κ1) is 13.3. The van der Waals surface area contributed by atoms with E-state index in [0.29, 0.717) is 5.69 Å². The summed E-state index contributed by atoms with van der Waals surface area (Å²) < 4.78 is 24.5. The lowest BCUT2D eigenvalue weighted by atomic mass is 10.3. The Kier molecular flexibility index (Phi) is 3.66. The number of imidazole rings is 1. The second kappa shape index (κ2) is 5.23. The maximum absolute atomic E-state index is 11.7. The van der Waals surface area contributed by atoms with Crippen LogP contribution < -0.4 is 5.32 Å². The van der Waals surface area contributed by atoms with Crippen molar-refractivity contribution in [1.82, 2.24) is 9.55 Å². The maximum atomic E-state index is 11.7. The van der Waals surface area contributed by atoms with Crippen LogP contribution in [0.2, 0.25) is 0 Å². The van der Waals surface area contributed by atoms with Crippen molar-refractivity contribution in [2.24, 2.45) is 0 Å². The molecule has 0 saturated heterocycles. The summed E-state index contributed by atoms with van der Waals surface area (Å²) in [4.78, 5) is 15.7. The molecule has 1 amide bonds. The van der Waals surface area contributed by atoms with Crippen LogP contribution in [0.15, 0.2) is 47.9 Å². The largest absolute Gasteiger partial charge is 0.331 e. The molecule has 0 radical (unpaired) electrons. The molecule has 1 aromatic carbocycles. The Bertz CT molecular complexity index is 661. The summed E-state index contributed by atoms with van der Waals surface area (Å²) in [5.74, 6) is 0.0493. The fourth-order valence-corrected chi connectivity index (χ4v) is 2.36. The van der Waals surface area contributed by atoms with Crippen molar-refractivity contribution in [3.8, 4) is 0 Å². The summed E-state index contributed by atoms with van der Waals surface area (Å²) >= 11 is 0. The van der Waals surface area contributed by atoms with Crippen LogP contribution in [0.25, 0.3) is 0 Å². The van der Waals surface area contributed by atoms with Gasteiger partial charge in [-0.05, 0) is 24.3 Å². The number of nitrogens with zero attached hydrogens (tertiary/aromatic N) is 2. The topological polar surface area (TPSA) is 81.1 Å². The van der Waals surface area contributed by atoms with Gasteiger partial charge in [0.1, 0.15) is 6.33 Å². The first-order valence-corrected chi connectivity index (χ1v) is 7.30. The number of amides is 1. The maximum Gasteiger partial charge on any atom is 0.331 e. The van der Waals surface area contributed by atoms with E-state index in [2.05, 4.69) is 10.3 Å². The fraction of sp³-hybridized carbons (Fsp3) is 0.167. The standard InChI is InChI=1S/C12H13N3O3S/c1-2-19(17,18)11-5-3-10(4-6-11)14-12(16)15-8-7-13-9-15/h3-9H,2H2,1H3,(H,14,16). The molecule has 0 aliphatic rings. The Morgan fingerprint density at radius 1 is 1.32 bits per heavy atom. The molecule has 1 aromatic heterocycles. The highest BCUT2D eigenvalue weighted by Gasteiger charge is 2.11. The molecular formula is C12H13N3O3S. The molecule has 2 aromatic rings. The van der Waals surface area contributed by atoms with Crippen LogP contribution in [0.3, 0.4) is 0 Å². The zero-order valence-corrected chi connectivity index (χ0v) is 11.1. The van der Waals surface area contributed by atoms with Crippen LogP contribution >= 0.6 is 0 Å². The van der Waals surface area contributed by atoms with E-state index in [1.165, 1.54) is 35.4 Å². The van der Waals surface area contributed by atoms with E-state index in [0.717, 1.165) is 0 Å². The number of carbonyl (C=O) groups is 1. The summed E-state index contributed by atoms with van der Waals surface area (Å²) in [5, 5.41) is 2.63. The Balaban J connectivity index is 2.14. The van der Waals surface area contributed by atoms with Gasteiger partial charge in [0, 0.05) is 18.1 Å². The van der Waals surface area contributed by atoms with E-state index in [1.54, 1.807) is 19.1 Å². The number of nitrogens with one attached hydrogen (secondary N) is 1. The third-order valence-electron chi connectivity index (χ3n) is 2.58. The quantitative estimate of drug-likeness (QED) is 0.928. The van der Waals surface area contributed by atoms with Crippen LogP contribution in [0, 0.1) is 0 Å². The number of anilines is 1. The zero-order chi connectivity index (χ0) is 13.9. The van der Waals surface area contributed by atoms with Gasteiger partial charge in [-0.3, -0.25) is 4.57 Å². The van der Waals surface area contributed by atoms with Gasteiger partial charge >= 0.3 is 6.03 Å². The highest BCUT2D eigenvalue weighted by Crippen LogP contribution is 2.15. The van der Waals surface area contributed by atoms with Crippen molar-refractivity contribution in [2.75, 3.05) is 11.1 Å². The zero-order valence-electron chi connectivity index (χ0n) is 10.3. The molecule has 0 spiro atoms. The molecule has 0 unspecified atom stereocenters. The number of benzene rings is 1. The predicted molar refractivity (Wildman–Crippen MR) is 70.8 cm³/mol. The number of hydrogen-bond acceptors (Lipinski definition) is 4. The minimum Gasteiger partial charge on any atom is -0.307 e. The summed E-state index contributed by atoms with van der Waals surface area (Å²) in [6.07, 6.45) is 4.40. The summed E-state index contributed by atoms with van der Waals surface area (Å²) in [6.45, 7) is 1.59. The second-order valence-electron chi connectivity index (χ2n) is 3.83. The van der Waals surface area contributed by atoms with Gasteiger partial charge in [-0.15, -0.1) is 0 Å². The first-order valence-electron chi connectivity index (χ1n) is 5.65. The van der Waals surface area contributed by atoms with Crippen LogP contribution in [0.1, 0.15) is 6.92 Å². The average molecular weight is 279 g/mol. The number of hydrogen-bond donors (Lipinski definition) is 1. The van der Waals surface area contributed by atoms with Gasteiger partial charge in [-0.1, -0.05) is 6.92 Å². The molecule has 1 N–H and O–H groups in total. The summed E-state index contributed by atoms with van der Waals surface area (Å²) in [6, 6.07) is 5.70. The SMILES string of the molecule is CCS(=O)(=O)c1ccc(NC(=O)n2ccnc2)cc1. The van der Waals surface area contributed by atoms with Crippen LogP contribution in [-0.4, -0.2) is 29.8 Å². The lowest BCUT2D eigenvalue weighted by Crippen LogP contribution is -2.17. The Hall–Kier alpha value is -2.15. The van der Waals surface area contributed by atoms with E-state index in [9.17, 15) is 13.2 Å². The molecule has 1 heterocycles. The third-order valence-corrected chi connectivity index (χ3v) is 4.33. The van der Waals surface area contributed by atoms with Crippen LogP contribution in [-0.2, 0) is 9.84 Å². The van der Waals surface area contributed by atoms with E-state index in [4.69, 9.17) is 0 Å². The lowest BCUT2D eigenvalue weighted by molar-refractivity contribution is 0.253. The summed E-state index contributed by atoms with van der Waals surface area (Å²) in [5.41, 5.74) is 0.522. The van der Waals surface area contributed by atoms with E-state index in [1.807, 2.05) is 0 Å². The highest BCUT2D eigenvalue weighted by atomic mass is 32.2. The molecule has 0 aliphatic carbocycles. The predicted octanol–water partition coefficient (Wildman–Crippen LogP) is 1.76. The molecule has 0 fully saturated rings. The molecule has 2 rings (SSSR count). The third kappa shape index (κ3) is 3.00. The molecule has 7 heteroatoms. The Morgan fingerprint density at radius 3 is 2.53 bits per heavy atom. The molecule has 19 heavy (non-hydrogen) atoms. The molecule has 100 valence electrons. The second-order valence-corrected chi connectivity index (χ2v) is 6.11. The van der Waals surface area contributed by atoms with Gasteiger partial charge in [-0.25, -0.2) is 18.2 Å². The number of rotatable bonds is 3. The van der Waals surface area contributed by atoms with Crippen molar-refractivity contribution >= 4 is 21.6 Å². The molecule has 0 saturated carbocycles. The van der Waals surface area contributed by atoms with Crippen LogP contribution in [0.4, 0.5) is 10.5 Å². The van der Waals surface area contributed by atoms with Gasteiger partial charge in [-0.2, -0.15) is 0 Å². The van der Waals surface area contributed by atoms with E-state index < -0.39 is 9.84 Å². The molecule has 0 aliphatic heterocycles.